The van der Waals surface area contributed by atoms with Crippen molar-refractivity contribution in [1.29, 1.82) is 0 Å². The van der Waals surface area contributed by atoms with E-state index in [0.717, 1.165) is 29.5 Å². The van der Waals surface area contributed by atoms with Crippen LogP contribution in [0.1, 0.15) is 51.2 Å². The maximum Gasteiger partial charge on any atom is 0.308 e. The molecular formula is C24H28O3. The Morgan fingerprint density at radius 3 is 2.00 bits per heavy atom. The van der Waals surface area contributed by atoms with Crippen molar-refractivity contribution in [3.05, 3.63) is 71.8 Å². The largest absolute Gasteiger partial charge is 0.466 e. The Labute approximate surface area is 162 Å². The van der Waals surface area contributed by atoms with Crippen molar-refractivity contribution < 1.29 is 14.3 Å². The van der Waals surface area contributed by atoms with Gasteiger partial charge in [0.2, 0.25) is 0 Å². The quantitative estimate of drug-likeness (QED) is 0.608. The summed E-state index contributed by atoms with van der Waals surface area (Å²) in [6, 6.07) is 20.7. The zero-order valence-electron chi connectivity index (χ0n) is 16.4. The summed E-state index contributed by atoms with van der Waals surface area (Å²) in [4.78, 5) is 12.3. The van der Waals surface area contributed by atoms with E-state index in [-0.39, 0.29) is 18.5 Å². The monoisotopic (exact) mass is 364 g/mol. The van der Waals surface area contributed by atoms with Crippen molar-refractivity contribution in [3.8, 4) is 0 Å². The number of carbonyl (C=O) groups excluding carboxylic acids is 1. The Morgan fingerprint density at radius 2 is 1.48 bits per heavy atom. The highest BCUT2D eigenvalue weighted by atomic mass is 16.5. The molecule has 0 saturated heterocycles. The highest BCUT2D eigenvalue weighted by Gasteiger charge is 2.46. The van der Waals surface area contributed by atoms with E-state index in [1.807, 2.05) is 31.2 Å². The molecule has 0 aliphatic carbocycles. The third kappa shape index (κ3) is 3.84. The summed E-state index contributed by atoms with van der Waals surface area (Å²) >= 11 is 0. The molecule has 1 unspecified atom stereocenters. The lowest BCUT2D eigenvalue weighted by Crippen LogP contribution is -2.31. The van der Waals surface area contributed by atoms with Crippen LogP contribution in [0.2, 0.25) is 0 Å². The lowest BCUT2D eigenvalue weighted by molar-refractivity contribution is -0.146. The molecule has 1 heterocycles. The van der Waals surface area contributed by atoms with Crippen molar-refractivity contribution in [3.63, 3.8) is 0 Å². The van der Waals surface area contributed by atoms with Crippen LogP contribution in [0.15, 0.2) is 60.7 Å². The lowest BCUT2D eigenvalue weighted by Gasteiger charge is -2.31. The average molecular weight is 364 g/mol. The molecule has 0 radical (unpaired) electrons. The molecule has 0 amide bonds. The molecule has 0 fully saturated rings. The first kappa shape index (κ1) is 19.4. The van der Waals surface area contributed by atoms with Gasteiger partial charge in [-0.2, -0.15) is 0 Å². The molecule has 3 nitrogen and oxygen atoms in total. The van der Waals surface area contributed by atoms with Gasteiger partial charge in [0.1, 0.15) is 0 Å². The Bertz CT molecular complexity index is 789. The van der Waals surface area contributed by atoms with Crippen molar-refractivity contribution in [2.24, 2.45) is 0 Å². The highest BCUT2D eigenvalue weighted by molar-refractivity contribution is 5.99. The van der Waals surface area contributed by atoms with Crippen LogP contribution in [0.25, 0.3) is 11.1 Å². The van der Waals surface area contributed by atoms with Crippen molar-refractivity contribution >= 4 is 17.1 Å². The zero-order valence-corrected chi connectivity index (χ0v) is 16.4. The predicted molar refractivity (Wildman–Crippen MR) is 109 cm³/mol. The number of ether oxygens (including phenoxy) is 2. The van der Waals surface area contributed by atoms with Crippen molar-refractivity contribution in [1.82, 2.24) is 0 Å². The van der Waals surface area contributed by atoms with Gasteiger partial charge in [-0.3, -0.25) is 4.79 Å². The van der Waals surface area contributed by atoms with Gasteiger partial charge in [-0.05, 0) is 42.0 Å². The number of rotatable bonds is 7. The Balaban J connectivity index is 2.19. The second kappa shape index (κ2) is 8.53. The summed E-state index contributed by atoms with van der Waals surface area (Å²) in [5, 5.41) is 0. The van der Waals surface area contributed by atoms with Crippen LogP contribution in [0, 0.1) is 0 Å². The molecule has 3 rings (SSSR count). The molecule has 27 heavy (non-hydrogen) atoms. The molecule has 3 heteroatoms. The molecule has 142 valence electrons. The second-order valence-electron chi connectivity index (χ2n) is 6.84. The SMILES string of the molecule is CCOC(=O)CC1OC(CC)(CC)C(c2ccccc2)=C1c1ccccc1. The molecule has 2 aromatic carbocycles. The number of esters is 1. The van der Waals surface area contributed by atoms with E-state index in [0.29, 0.717) is 6.61 Å². The van der Waals surface area contributed by atoms with Crippen LogP contribution >= 0.6 is 0 Å². The fraction of sp³-hybridized carbons (Fsp3) is 0.375. The second-order valence-corrected chi connectivity index (χ2v) is 6.84. The fourth-order valence-corrected chi connectivity index (χ4v) is 4.05. The molecular weight excluding hydrogens is 336 g/mol. The van der Waals surface area contributed by atoms with Gasteiger partial charge < -0.3 is 9.47 Å². The Hall–Kier alpha value is -2.39. The molecule has 1 atom stereocenters. The normalized spacial score (nSPS) is 18.6. The third-order valence-corrected chi connectivity index (χ3v) is 5.36. The van der Waals surface area contributed by atoms with Gasteiger partial charge >= 0.3 is 5.97 Å². The minimum absolute atomic E-state index is 0.216. The van der Waals surface area contributed by atoms with Crippen LogP contribution in [0.3, 0.4) is 0 Å². The molecule has 2 aromatic rings. The van der Waals surface area contributed by atoms with Gasteiger partial charge in [0.05, 0.1) is 24.7 Å². The summed E-state index contributed by atoms with van der Waals surface area (Å²) in [5.74, 6) is -0.216. The maximum absolute atomic E-state index is 12.3. The smallest absolute Gasteiger partial charge is 0.308 e. The van der Waals surface area contributed by atoms with Crippen LogP contribution in [0.4, 0.5) is 0 Å². The Kier molecular flexibility index (Phi) is 6.12. The lowest BCUT2D eigenvalue weighted by atomic mass is 9.80. The molecule has 0 saturated carbocycles. The topological polar surface area (TPSA) is 35.5 Å². The minimum atomic E-state index is -0.399. The van der Waals surface area contributed by atoms with E-state index in [1.165, 1.54) is 5.57 Å². The van der Waals surface area contributed by atoms with Gasteiger partial charge in [-0.15, -0.1) is 0 Å². The van der Waals surface area contributed by atoms with Gasteiger partial charge in [0.15, 0.2) is 0 Å². The number of carbonyl (C=O) groups is 1. The van der Waals surface area contributed by atoms with Crippen LogP contribution < -0.4 is 0 Å². The third-order valence-electron chi connectivity index (χ3n) is 5.36. The van der Waals surface area contributed by atoms with E-state index < -0.39 is 5.60 Å². The van der Waals surface area contributed by atoms with Crippen molar-refractivity contribution in [2.45, 2.75) is 51.7 Å². The minimum Gasteiger partial charge on any atom is -0.466 e. The molecule has 1 aliphatic rings. The van der Waals surface area contributed by atoms with E-state index >= 15 is 0 Å². The van der Waals surface area contributed by atoms with Crippen molar-refractivity contribution in [2.75, 3.05) is 6.61 Å². The summed E-state index contributed by atoms with van der Waals surface area (Å²) in [6.07, 6.45) is 1.63. The summed E-state index contributed by atoms with van der Waals surface area (Å²) < 4.78 is 11.8. The van der Waals surface area contributed by atoms with Gasteiger partial charge in [-0.1, -0.05) is 74.5 Å². The van der Waals surface area contributed by atoms with Crippen LogP contribution in [-0.2, 0) is 14.3 Å². The standard InChI is InChI=1S/C24H28O3/c1-4-24(5-2)23(19-15-11-8-12-16-19)22(18-13-9-7-10-14-18)20(27-24)17-21(25)26-6-3/h7-16,20H,4-6,17H2,1-3H3. The van der Waals surface area contributed by atoms with Gasteiger partial charge in [0, 0.05) is 0 Å². The Morgan fingerprint density at radius 1 is 0.926 bits per heavy atom. The molecule has 0 spiro atoms. The van der Waals surface area contributed by atoms with E-state index in [4.69, 9.17) is 9.47 Å². The van der Waals surface area contributed by atoms with E-state index in [9.17, 15) is 4.79 Å². The van der Waals surface area contributed by atoms with E-state index in [1.54, 1.807) is 0 Å². The molecule has 0 N–H and O–H groups in total. The number of hydrogen-bond acceptors (Lipinski definition) is 3. The maximum atomic E-state index is 12.3. The van der Waals surface area contributed by atoms with Gasteiger partial charge in [0.25, 0.3) is 0 Å². The average Bonchev–Trinajstić information content (AvgIpc) is 3.04. The zero-order chi connectivity index (χ0) is 19.3. The van der Waals surface area contributed by atoms with Crippen LogP contribution in [0.5, 0.6) is 0 Å². The predicted octanol–water partition coefficient (Wildman–Crippen LogP) is 5.51. The van der Waals surface area contributed by atoms with Crippen LogP contribution in [-0.4, -0.2) is 24.3 Å². The molecule has 1 aliphatic heterocycles. The highest BCUT2D eigenvalue weighted by Crippen LogP contribution is 2.50. The van der Waals surface area contributed by atoms with Gasteiger partial charge in [-0.25, -0.2) is 0 Å². The first-order chi connectivity index (χ1) is 13.1. The number of hydrogen-bond donors (Lipinski definition) is 0. The summed E-state index contributed by atoms with van der Waals surface area (Å²) in [5.41, 5.74) is 4.18. The summed E-state index contributed by atoms with van der Waals surface area (Å²) in [7, 11) is 0. The first-order valence-corrected chi connectivity index (χ1v) is 9.84. The first-order valence-electron chi connectivity index (χ1n) is 9.84. The van der Waals surface area contributed by atoms with E-state index in [2.05, 4.69) is 50.2 Å². The molecule has 0 aromatic heterocycles. The summed E-state index contributed by atoms with van der Waals surface area (Å²) in [6.45, 7) is 6.52. The fourth-order valence-electron chi connectivity index (χ4n) is 4.05. The number of benzene rings is 2. The molecule has 0 bridgehead atoms.